The Kier molecular flexibility index (Phi) is 3.41. The van der Waals surface area contributed by atoms with E-state index in [0.29, 0.717) is 4.88 Å². The zero-order valence-corrected chi connectivity index (χ0v) is 11.2. The lowest BCUT2D eigenvalue weighted by Gasteiger charge is -2.03. The van der Waals surface area contributed by atoms with Gasteiger partial charge in [0, 0.05) is 9.75 Å². The molecule has 1 atom stereocenters. The maximum atomic E-state index is 12.2. The number of thiophene rings is 2. The Morgan fingerprint density at radius 1 is 1.47 bits per heavy atom. The molecule has 2 nitrogen and oxygen atoms in total. The van der Waals surface area contributed by atoms with Crippen LogP contribution in [0.4, 0.5) is 0 Å². The lowest BCUT2D eigenvalue weighted by atomic mass is 10.0. The van der Waals surface area contributed by atoms with Crippen molar-refractivity contribution >= 4 is 28.5 Å². The molecule has 2 rings (SSSR count). The van der Waals surface area contributed by atoms with Gasteiger partial charge in [0.15, 0.2) is 5.78 Å². The highest BCUT2D eigenvalue weighted by Gasteiger charge is 2.24. The van der Waals surface area contributed by atoms with Gasteiger partial charge in [-0.05, 0) is 36.9 Å². The molecule has 0 N–H and O–H groups in total. The van der Waals surface area contributed by atoms with E-state index < -0.39 is 5.92 Å². The van der Waals surface area contributed by atoms with Gasteiger partial charge in [0.1, 0.15) is 5.92 Å². The molecule has 0 spiro atoms. The van der Waals surface area contributed by atoms with Crippen LogP contribution in [-0.4, -0.2) is 5.78 Å². The standard InChI is InChI=1S/C13H11NOS2/c1-8-6-12(17-9(8)2)13(15)10(7-14)11-4-3-5-16-11/h3-6,10H,1-2H3. The topological polar surface area (TPSA) is 40.9 Å². The Morgan fingerprint density at radius 3 is 2.71 bits per heavy atom. The van der Waals surface area contributed by atoms with Crippen LogP contribution >= 0.6 is 22.7 Å². The van der Waals surface area contributed by atoms with E-state index in [1.807, 2.05) is 37.4 Å². The van der Waals surface area contributed by atoms with E-state index >= 15 is 0 Å². The molecule has 0 fully saturated rings. The van der Waals surface area contributed by atoms with E-state index in [9.17, 15) is 4.79 Å². The fraction of sp³-hybridized carbons (Fsp3) is 0.231. The Morgan fingerprint density at radius 2 is 2.24 bits per heavy atom. The highest BCUT2D eigenvalue weighted by atomic mass is 32.1. The van der Waals surface area contributed by atoms with E-state index in [0.717, 1.165) is 15.3 Å². The number of carbonyl (C=O) groups excluding carboxylic acids is 1. The van der Waals surface area contributed by atoms with E-state index in [2.05, 4.69) is 6.07 Å². The van der Waals surface area contributed by atoms with Gasteiger partial charge in [-0.3, -0.25) is 4.79 Å². The van der Waals surface area contributed by atoms with Gasteiger partial charge in [0.2, 0.25) is 0 Å². The van der Waals surface area contributed by atoms with Crippen molar-refractivity contribution in [1.29, 1.82) is 5.26 Å². The minimum absolute atomic E-state index is 0.0869. The summed E-state index contributed by atoms with van der Waals surface area (Å²) in [5, 5.41) is 11.0. The predicted molar refractivity (Wildman–Crippen MR) is 70.8 cm³/mol. The highest BCUT2D eigenvalue weighted by molar-refractivity contribution is 7.14. The van der Waals surface area contributed by atoms with Crippen LogP contribution in [0, 0.1) is 25.2 Å². The maximum absolute atomic E-state index is 12.2. The number of Topliss-reactive ketones (excluding diaryl/α,β-unsaturated/α-hetero) is 1. The van der Waals surface area contributed by atoms with Crippen molar-refractivity contribution < 1.29 is 4.79 Å². The summed E-state index contributed by atoms with van der Waals surface area (Å²) in [6.07, 6.45) is 0. The number of carbonyl (C=O) groups is 1. The van der Waals surface area contributed by atoms with Gasteiger partial charge >= 0.3 is 0 Å². The van der Waals surface area contributed by atoms with Crippen LogP contribution in [0.15, 0.2) is 23.6 Å². The van der Waals surface area contributed by atoms with Gasteiger partial charge in [-0.1, -0.05) is 6.07 Å². The first kappa shape index (κ1) is 12.0. The molecular formula is C13H11NOS2. The number of aryl methyl sites for hydroxylation is 2. The summed E-state index contributed by atoms with van der Waals surface area (Å²) in [4.78, 5) is 14.9. The minimum Gasteiger partial charge on any atom is -0.291 e. The van der Waals surface area contributed by atoms with Crippen LogP contribution in [-0.2, 0) is 0 Å². The molecule has 4 heteroatoms. The second kappa shape index (κ2) is 4.82. The van der Waals surface area contributed by atoms with Gasteiger partial charge in [-0.25, -0.2) is 0 Å². The number of nitrogens with zero attached hydrogens (tertiary/aromatic N) is 1. The summed E-state index contributed by atoms with van der Waals surface area (Å²) in [6, 6.07) is 7.67. The van der Waals surface area contributed by atoms with Crippen LogP contribution in [0.2, 0.25) is 0 Å². The predicted octanol–water partition coefficient (Wildman–Crippen LogP) is 3.92. The fourth-order valence-electron chi connectivity index (χ4n) is 1.54. The van der Waals surface area contributed by atoms with Gasteiger partial charge < -0.3 is 0 Å². The monoisotopic (exact) mass is 261 g/mol. The molecule has 2 heterocycles. The van der Waals surface area contributed by atoms with E-state index in [-0.39, 0.29) is 5.78 Å². The normalized spacial score (nSPS) is 12.1. The molecule has 0 bridgehead atoms. The van der Waals surface area contributed by atoms with E-state index in [4.69, 9.17) is 5.26 Å². The van der Waals surface area contributed by atoms with Crippen molar-refractivity contribution in [3.8, 4) is 6.07 Å². The quantitative estimate of drug-likeness (QED) is 0.786. The summed E-state index contributed by atoms with van der Waals surface area (Å²) in [6.45, 7) is 3.97. The second-order valence-corrected chi connectivity index (χ2v) is 6.03. The van der Waals surface area contributed by atoms with Crippen molar-refractivity contribution in [2.24, 2.45) is 0 Å². The summed E-state index contributed by atoms with van der Waals surface area (Å²) in [5.74, 6) is -0.747. The molecule has 0 saturated carbocycles. The lowest BCUT2D eigenvalue weighted by Crippen LogP contribution is -2.08. The first-order chi connectivity index (χ1) is 8.13. The molecule has 0 aromatic carbocycles. The fourth-order valence-corrected chi connectivity index (χ4v) is 3.31. The van der Waals surface area contributed by atoms with Gasteiger partial charge in [-0.2, -0.15) is 5.26 Å². The lowest BCUT2D eigenvalue weighted by molar-refractivity contribution is 0.0984. The molecule has 1 unspecified atom stereocenters. The van der Waals surface area contributed by atoms with Crippen molar-refractivity contribution in [3.63, 3.8) is 0 Å². The van der Waals surface area contributed by atoms with Crippen LogP contribution < -0.4 is 0 Å². The molecule has 0 aliphatic carbocycles. The zero-order valence-electron chi connectivity index (χ0n) is 9.56. The summed E-state index contributed by atoms with van der Waals surface area (Å²) in [5.41, 5.74) is 1.11. The van der Waals surface area contributed by atoms with Crippen LogP contribution in [0.5, 0.6) is 0 Å². The van der Waals surface area contributed by atoms with E-state index in [1.54, 1.807) is 0 Å². The summed E-state index contributed by atoms with van der Waals surface area (Å²) >= 11 is 2.92. The van der Waals surface area contributed by atoms with Gasteiger partial charge in [0.25, 0.3) is 0 Å². The molecule has 0 radical (unpaired) electrons. The summed E-state index contributed by atoms with van der Waals surface area (Å²) < 4.78 is 0. The Labute approximate surface area is 108 Å². The van der Waals surface area contributed by atoms with Gasteiger partial charge in [-0.15, -0.1) is 22.7 Å². The highest BCUT2D eigenvalue weighted by Crippen LogP contribution is 2.29. The Bertz CT molecular complexity index is 556. The van der Waals surface area contributed by atoms with Crippen molar-refractivity contribution in [1.82, 2.24) is 0 Å². The number of rotatable bonds is 3. The van der Waals surface area contributed by atoms with Crippen LogP contribution in [0.3, 0.4) is 0 Å². The first-order valence-corrected chi connectivity index (χ1v) is 6.87. The smallest absolute Gasteiger partial charge is 0.195 e. The Balaban J connectivity index is 2.34. The van der Waals surface area contributed by atoms with Gasteiger partial charge in [0.05, 0.1) is 10.9 Å². The van der Waals surface area contributed by atoms with Crippen molar-refractivity contribution in [2.45, 2.75) is 19.8 Å². The number of hydrogen-bond acceptors (Lipinski definition) is 4. The number of nitriles is 1. The SMILES string of the molecule is Cc1cc(C(=O)C(C#N)c2cccs2)sc1C. The molecule has 2 aromatic heterocycles. The number of hydrogen-bond donors (Lipinski definition) is 0. The third-order valence-corrected chi connectivity index (χ3v) is 4.73. The molecule has 86 valence electrons. The average Bonchev–Trinajstić information content (AvgIpc) is 2.91. The molecular weight excluding hydrogens is 250 g/mol. The largest absolute Gasteiger partial charge is 0.291 e. The first-order valence-electron chi connectivity index (χ1n) is 5.17. The third-order valence-electron chi connectivity index (χ3n) is 2.63. The van der Waals surface area contributed by atoms with Crippen LogP contribution in [0.25, 0.3) is 0 Å². The molecule has 17 heavy (non-hydrogen) atoms. The van der Waals surface area contributed by atoms with Crippen molar-refractivity contribution in [3.05, 3.63) is 43.8 Å². The average molecular weight is 261 g/mol. The Hall–Kier alpha value is -1.44. The van der Waals surface area contributed by atoms with Crippen LogP contribution in [0.1, 0.15) is 30.9 Å². The molecule has 0 saturated heterocycles. The minimum atomic E-state index is -0.660. The maximum Gasteiger partial charge on any atom is 0.195 e. The number of ketones is 1. The molecule has 0 amide bonds. The molecule has 0 aliphatic rings. The third kappa shape index (κ3) is 2.31. The second-order valence-electron chi connectivity index (χ2n) is 3.79. The zero-order chi connectivity index (χ0) is 12.4. The molecule has 0 aliphatic heterocycles. The van der Waals surface area contributed by atoms with E-state index in [1.165, 1.54) is 22.7 Å². The molecule has 2 aromatic rings. The van der Waals surface area contributed by atoms with Crippen molar-refractivity contribution in [2.75, 3.05) is 0 Å². The summed E-state index contributed by atoms with van der Waals surface area (Å²) in [7, 11) is 0.